The fraction of sp³-hybridized carbons (Fsp3) is 0.833. The second-order valence-electron chi connectivity index (χ2n) is 1.87. The van der Waals surface area contributed by atoms with E-state index in [1.807, 2.05) is 0 Å². The molecule has 5 nitrogen and oxygen atoms in total. The van der Waals surface area contributed by atoms with Crippen LogP contribution in [0.1, 0.15) is 6.42 Å². The van der Waals surface area contributed by atoms with Gasteiger partial charge in [0.05, 0.1) is 0 Å². The van der Waals surface area contributed by atoms with E-state index < -0.39 is 12.0 Å². The monoisotopic (exact) mass is 165 g/mol. The number of hydrogen-bond donors (Lipinski definition) is 3. The maximum absolute atomic E-state index is 9.85. The van der Waals surface area contributed by atoms with Crippen LogP contribution in [0.4, 0.5) is 0 Å². The molecule has 11 heavy (non-hydrogen) atoms. The molecule has 0 spiro atoms. The SMILES string of the molecule is COC.NC(CCO)C(=O)O. The fourth-order valence-electron chi connectivity index (χ4n) is 0.263. The summed E-state index contributed by atoms with van der Waals surface area (Å²) in [6.45, 7) is -0.173. The molecule has 0 aliphatic carbocycles. The van der Waals surface area contributed by atoms with Gasteiger partial charge in [0.2, 0.25) is 0 Å². The minimum absolute atomic E-state index is 0.120. The number of methoxy groups -OCH3 is 1. The molecule has 0 aliphatic rings. The van der Waals surface area contributed by atoms with Gasteiger partial charge < -0.3 is 20.7 Å². The Morgan fingerprint density at radius 3 is 2.09 bits per heavy atom. The summed E-state index contributed by atoms with van der Waals surface area (Å²) < 4.78 is 4.25. The van der Waals surface area contributed by atoms with Gasteiger partial charge in [0.1, 0.15) is 6.04 Å². The first-order valence-electron chi connectivity index (χ1n) is 3.09. The highest BCUT2D eigenvalue weighted by molar-refractivity contribution is 5.72. The van der Waals surface area contributed by atoms with Gasteiger partial charge in [0.15, 0.2) is 0 Å². The Hall–Kier alpha value is -0.650. The zero-order chi connectivity index (χ0) is 9.28. The molecule has 0 aromatic rings. The summed E-state index contributed by atoms with van der Waals surface area (Å²) in [4.78, 5) is 9.85. The van der Waals surface area contributed by atoms with Gasteiger partial charge >= 0.3 is 5.97 Å². The number of hydrogen-bond acceptors (Lipinski definition) is 4. The topological polar surface area (TPSA) is 92.8 Å². The first kappa shape index (κ1) is 13.0. The molecule has 0 amide bonds. The van der Waals surface area contributed by atoms with Gasteiger partial charge in [0, 0.05) is 20.8 Å². The zero-order valence-electron chi connectivity index (χ0n) is 6.78. The van der Waals surface area contributed by atoms with Crippen molar-refractivity contribution < 1.29 is 19.7 Å². The maximum Gasteiger partial charge on any atom is 0.320 e. The highest BCUT2D eigenvalue weighted by Crippen LogP contribution is 1.83. The van der Waals surface area contributed by atoms with Crippen LogP contribution in [0.2, 0.25) is 0 Å². The lowest BCUT2D eigenvalue weighted by Gasteiger charge is -2.00. The molecule has 1 unspecified atom stereocenters. The van der Waals surface area contributed by atoms with Crippen LogP contribution >= 0.6 is 0 Å². The fourth-order valence-corrected chi connectivity index (χ4v) is 0.263. The smallest absolute Gasteiger partial charge is 0.320 e. The molecular weight excluding hydrogens is 150 g/mol. The van der Waals surface area contributed by atoms with E-state index in [1.165, 1.54) is 0 Å². The molecule has 0 fully saturated rings. The molecule has 0 saturated carbocycles. The van der Waals surface area contributed by atoms with Crippen LogP contribution in [0, 0.1) is 0 Å². The summed E-state index contributed by atoms with van der Waals surface area (Å²) in [5.74, 6) is -1.07. The molecular formula is C6H15NO4. The minimum Gasteiger partial charge on any atom is -0.480 e. The van der Waals surface area contributed by atoms with Crippen LogP contribution in [-0.4, -0.2) is 43.1 Å². The third-order valence-electron chi connectivity index (χ3n) is 0.757. The Kier molecular flexibility index (Phi) is 11.0. The normalized spacial score (nSPS) is 11.3. The molecule has 0 bridgehead atoms. The maximum atomic E-state index is 9.85. The Labute approximate surface area is 65.8 Å². The van der Waals surface area contributed by atoms with Crippen LogP contribution in [0.15, 0.2) is 0 Å². The van der Waals surface area contributed by atoms with E-state index in [0.29, 0.717) is 0 Å². The number of aliphatic hydroxyl groups is 1. The van der Waals surface area contributed by atoms with Gasteiger partial charge in [-0.1, -0.05) is 0 Å². The van der Waals surface area contributed by atoms with Crippen molar-refractivity contribution in [2.45, 2.75) is 12.5 Å². The third-order valence-corrected chi connectivity index (χ3v) is 0.757. The highest BCUT2D eigenvalue weighted by Gasteiger charge is 2.08. The van der Waals surface area contributed by atoms with Gasteiger partial charge in [-0.25, -0.2) is 0 Å². The number of aliphatic carboxylic acids is 1. The number of carbonyl (C=O) groups is 1. The summed E-state index contributed by atoms with van der Waals surface area (Å²) in [6, 6.07) is -0.917. The summed E-state index contributed by atoms with van der Waals surface area (Å²) >= 11 is 0. The van der Waals surface area contributed by atoms with E-state index >= 15 is 0 Å². The van der Waals surface area contributed by atoms with Crippen molar-refractivity contribution in [1.82, 2.24) is 0 Å². The van der Waals surface area contributed by atoms with Crippen LogP contribution in [0.5, 0.6) is 0 Å². The predicted octanol–water partition coefficient (Wildman–Crippen LogP) is -0.957. The molecule has 1 atom stereocenters. The van der Waals surface area contributed by atoms with Crippen molar-refractivity contribution in [3.63, 3.8) is 0 Å². The molecule has 0 rings (SSSR count). The Bertz CT molecular complexity index is 96.6. The lowest BCUT2D eigenvalue weighted by Crippen LogP contribution is -2.30. The number of aliphatic hydroxyl groups excluding tert-OH is 1. The standard InChI is InChI=1S/C4H9NO3.C2H6O/c5-3(1-2-6)4(7)8;1-3-2/h3,6H,1-2,5H2,(H,7,8);1-2H3. The van der Waals surface area contributed by atoms with E-state index in [2.05, 4.69) is 4.74 Å². The molecule has 0 aliphatic heterocycles. The van der Waals surface area contributed by atoms with Crippen molar-refractivity contribution in [1.29, 1.82) is 0 Å². The molecule has 0 aromatic heterocycles. The van der Waals surface area contributed by atoms with E-state index in [4.69, 9.17) is 15.9 Å². The first-order chi connectivity index (χ1) is 5.09. The average molecular weight is 165 g/mol. The largest absolute Gasteiger partial charge is 0.480 e. The molecule has 68 valence electrons. The zero-order valence-corrected chi connectivity index (χ0v) is 6.78. The van der Waals surface area contributed by atoms with Crippen LogP contribution < -0.4 is 5.73 Å². The van der Waals surface area contributed by atoms with Gasteiger partial charge in [-0.05, 0) is 6.42 Å². The van der Waals surface area contributed by atoms with E-state index in [9.17, 15) is 4.79 Å². The van der Waals surface area contributed by atoms with Crippen molar-refractivity contribution in [2.75, 3.05) is 20.8 Å². The lowest BCUT2D eigenvalue weighted by atomic mass is 10.2. The molecule has 5 heteroatoms. The van der Waals surface area contributed by atoms with Crippen molar-refractivity contribution in [3.05, 3.63) is 0 Å². The Balaban J connectivity index is 0. The Morgan fingerprint density at radius 1 is 1.64 bits per heavy atom. The molecule has 0 aromatic carbocycles. The highest BCUT2D eigenvalue weighted by atomic mass is 16.4. The first-order valence-corrected chi connectivity index (χ1v) is 3.09. The number of nitrogens with two attached hydrogens (primary N) is 1. The molecule has 0 saturated heterocycles. The Morgan fingerprint density at radius 2 is 2.00 bits per heavy atom. The number of rotatable bonds is 3. The third kappa shape index (κ3) is 12.5. The van der Waals surface area contributed by atoms with Crippen molar-refractivity contribution >= 4 is 5.97 Å². The summed E-state index contributed by atoms with van der Waals surface area (Å²) in [5, 5.41) is 16.2. The number of ether oxygens (including phenoxy) is 1. The molecule has 4 N–H and O–H groups in total. The molecule has 0 heterocycles. The van der Waals surface area contributed by atoms with Gasteiger partial charge in [-0.15, -0.1) is 0 Å². The number of carboxylic acids is 1. The van der Waals surface area contributed by atoms with Crippen LogP contribution in [-0.2, 0) is 9.53 Å². The van der Waals surface area contributed by atoms with Crippen molar-refractivity contribution in [3.8, 4) is 0 Å². The van der Waals surface area contributed by atoms with Gasteiger partial charge in [-0.3, -0.25) is 4.79 Å². The van der Waals surface area contributed by atoms with Crippen molar-refractivity contribution in [2.24, 2.45) is 5.73 Å². The number of carboxylic acid groups (broad SMARTS) is 1. The minimum atomic E-state index is -1.07. The van der Waals surface area contributed by atoms with E-state index in [-0.39, 0.29) is 13.0 Å². The average Bonchev–Trinajstić information content (AvgIpc) is 1.90. The quantitative estimate of drug-likeness (QED) is 0.501. The molecule has 0 radical (unpaired) electrons. The van der Waals surface area contributed by atoms with Gasteiger partial charge in [0.25, 0.3) is 0 Å². The second kappa shape index (κ2) is 9.35. The summed E-state index contributed by atoms with van der Waals surface area (Å²) in [5.41, 5.74) is 4.97. The predicted molar refractivity (Wildman–Crippen MR) is 40.2 cm³/mol. The second-order valence-corrected chi connectivity index (χ2v) is 1.87. The lowest BCUT2D eigenvalue weighted by molar-refractivity contribution is -0.138. The summed E-state index contributed by atoms with van der Waals surface area (Å²) in [6.07, 6.45) is 0.120. The van der Waals surface area contributed by atoms with E-state index in [0.717, 1.165) is 0 Å². The summed E-state index contributed by atoms with van der Waals surface area (Å²) in [7, 11) is 3.25. The van der Waals surface area contributed by atoms with E-state index in [1.54, 1.807) is 14.2 Å². The van der Waals surface area contributed by atoms with Gasteiger partial charge in [-0.2, -0.15) is 0 Å². The van der Waals surface area contributed by atoms with Crippen LogP contribution in [0.3, 0.4) is 0 Å². The van der Waals surface area contributed by atoms with Crippen LogP contribution in [0.25, 0.3) is 0 Å².